The Morgan fingerprint density at radius 2 is 2.29 bits per heavy atom. The van der Waals surface area contributed by atoms with Crippen LogP contribution in [0.25, 0.3) is 11.0 Å². The summed E-state index contributed by atoms with van der Waals surface area (Å²) >= 11 is 1.39. The van der Waals surface area contributed by atoms with E-state index in [1.54, 1.807) is 18.7 Å². The molecule has 5 nitrogen and oxygen atoms in total. The first-order valence-electron chi connectivity index (χ1n) is 5.15. The number of hydrogen-bond acceptors (Lipinski definition) is 5. The summed E-state index contributed by atoms with van der Waals surface area (Å²) < 4.78 is 6.62. The third-order valence-electron chi connectivity index (χ3n) is 2.29. The second kappa shape index (κ2) is 5.29. The molecule has 1 heterocycles. The molecule has 17 heavy (non-hydrogen) atoms. The fourth-order valence-electron chi connectivity index (χ4n) is 1.55. The molecular weight excluding hydrogens is 238 g/mol. The van der Waals surface area contributed by atoms with Crippen molar-refractivity contribution in [2.24, 2.45) is 0 Å². The molecule has 1 aromatic heterocycles. The smallest absolute Gasteiger partial charge is 0.164 e. The number of Topliss-reactive ketones (excluding diaryl/α,β-unsaturated/α-hetero) is 1. The SMILES string of the molecule is COCSC(C(C)=O)n1nnc2ccccc21. The summed E-state index contributed by atoms with van der Waals surface area (Å²) in [7, 11) is 1.60. The molecule has 0 radical (unpaired) electrons. The number of thioether (sulfide) groups is 1. The van der Waals surface area contributed by atoms with Crippen LogP contribution in [0.2, 0.25) is 0 Å². The van der Waals surface area contributed by atoms with Crippen molar-refractivity contribution >= 4 is 28.6 Å². The number of rotatable bonds is 5. The molecule has 6 heteroatoms. The average molecular weight is 251 g/mol. The molecular formula is C11H13N3O2S. The molecule has 0 spiro atoms. The Labute approximate surface area is 103 Å². The van der Waals surface area contributed by atoms with E-state index in [9.17, 15) is 4.79 Å². The first kappa shape index (κ1) is 12.1. The third-order valence-corrected chi connectivity index (χ3v) is 3.51. The van der Waals surface area contributed by atoms with E-state index in [4.69, 9.17) is 4.74 Å². The maximum absolute atomic E-state index is 11.6. The van der Waals surface area contributed by atoms with E-state index < -0.39 is 0 Å². The van der Waals surface area contributed by atoms with Gasteiger partial charge in [0.2, 0.25) is 0 Å². The highest BCUT2D eigenvalue weighted by Gasteiger charge is 2.20. The van der Waals surface area contributed by atoms with Crippen LogP contribution in [0.4, 0.5) is 0 Å². The Hall–Kier alpha value is -1.40. The molecule has 90 valence electrons. The number of carbonyl (C=O) groups is 1. The van der Waals surface area contributed by atoms with Gasteiger partial charge < -0.3 is 4.74 Å². The maximum atomic E-state index is 11.6. The van der Waals surface area contributed by atoms with Gasteiger partial charge in [-0.15, -0.1) is 5.10 Å². The van der Waals surface area contributed by atoms with Crippen LogP contribution in [0.15, 0.2) is 24.3 Å². The standard InChI is InChI=1S/C11H13N3O2S/c1-8(15)11(17-7-16-2)14-10-6-4-3-5-9(10)12-13-14/h3-6,11H,7H2,1-2H3. The Bertz CT molecular complexity index is 526. The lowest BCUT2D eigenvalue weighted by Gasteiger charge is -2.13. The number of aromatic nitrogens is 3. The molecule has 0 aliphatic heterocycles. The largest absolute Gasteiger partial charge is 0.374 e. The number of benzene rings is 1. The van der Waals surface area contributed by atoms with Gasteiger partial charge in [-0.05, 0) is 19.1 Å². The fraction of sp³-hybridized carbons (Fsp3) is 0.364. The van der Waals surface area contributed by atoms with Crippen LogP contribution in [-0.2, 0) is 9.53 Å². The van der Waals surface area contributed by atoms with Crippen molar-refractivity contribution in [1.29, 1.82) is 0 Å². The second-order valence-corrected chi connectivity index (χ2v) is 4.57. The van der Waals surface area contributed by atoms with E-state index in [0.717, 1.165) is 11.0 Å². The minimum absolute atomic E-state index is 0.0303. The molecule has 0 aliphatic carbocycles. The highest BCUT2D eigenvalue weighted by Crippen LogP contribution is 2.26. The van der Waals surface area contributed by atoms with Crippen molar-refractivity contribution in [3.05, 3.63) is 24.3 Å². The van der Waals surface area contributed by atoms with Crippen molar-refractivity contribution in [1.82, 2.24) is 15.0 Å². The quantitative estimate of drug-likeness (QED) is 0.759. The Balaban J connectivity index is 2.38. The zero-order valence-corrected chi connectivity index (χ0v) is 10.5. The third kappa shape index (κ3) is 2.48. The lowest BCUT2D eigenvalue weighted by molar-refractivity contribution is -0.118. The molecule has 0 saturated carbocycles. The van der Waals surface area contributed by atoms with Gasteiger partial charge in [0, 0.05) is 7.11 Å². The lowest BCUT2D eigenvalue weighted by atomic mass is 10.3. The van der Waals surface area contributed by atoms with Crippen molar-refractivity contribution < 1.29 is 9.53 Å². The minimum atomic E-state index is -0.387. The van der Waals surface area contributed by atoms with Crippen LogP contribution >= 0.6 is 11.8 Å². The van der Waals surface area contributed by atoms with Gasteiger partial charge in [-0.2, -0.15) is 0 Å². The van der Waals surface area contributed by atoms with Gasteiger partial charge in [0.05, 0.1) is 11.5 Å². The van der Waals surface area contributed by atoms with Crippen molar-refractivity contribution in [2.45, 2.75) is 12.3 Å². The van der Waals surface area contributed by atoms with Crippen LogP contribution in [0.3, 0.4) is 0 Å². The van der Waals surface area contributed by atoms with E-state index in [1.807, 2.05) is 24.3 Å². The number of hydrogen-bond donors (Lipinski definition) is 0. The van der Waals surface area contributed by atoms with Gasteiger partial charge in [-0.3, -0.25) is 4.79 Å². The van der Waals surface area contributed by atoms with Gasteiger partial charge in [0.1, 0.15) is 5.52 Å². The number of methoxy groups -OCH3 is 1. The van der Waals surface area contributed by atoms with Crippen LogP contribution in [0.5, 0.6) is 0 Å². The first-order valence-corrected chi connectivity index (χ1v) is 6.20. The number of para-hydroxylation sites is 1. The normalized spacial score (nSPS) is 12.8. The molecule has 2 aromatic rings. The average Bonchev–Trinajstić information content (AvgIpc) is 2.73. The molecule has 0 N–H and O–H groups in total. The van der Waals surface area contributed by atoms with Gasteiger partial charge in [-0.1, -0.05) is 29.1 Å². The molecule has 0 saturated heterocycles. The van der Waals surface area contributed by atoms with Gasteiger partial charge in [0.15, 0.2) is 11.2 Å². The summed E-state index contributed by atoms with van der Waals surface area (Å²) in [5, 5.41) is 7.69. The summed E-state index contributed by atoms with van der Waals surface area (Å²) in [6, 6.07) is 7.57. The number of ether oxygens (including phenoxy) is 1. The minimum Gasteiger partial charge on any atom is -0.374 e. The Morgan fingerprint density at radius 1 is 1.53 bits per heavy atom. The van der Waals surface area contributed by atoms with Crippen molar-refractivity contribution in [3.63, 3.8) is 0 Å². The molecule has 0 fully saturated rings. The zero-order chi connectivity index (χ0) is 12.3. The summed E-state index contributed by atoms with van der Waals surface area (Å²) in [6.07, 6.45) is 0. The van der Waals surface area contributed by atoms with Gasteiger partial charge >= 0.3 is 0 Å². The number of fused-ring (bicyclic) bond motifs is 1. The predicted octanol–water partition coefficient (Wildman–Crippen LogP) is 1.86. The predicted molar refractivity (Wildman–Crippen MR) is 66.7 cm³/mol. The fourth-order valence-corrected chi connectivity index (χ4v) is 2.35. The summed E-state index contributed by atoms with van der Waals surface area (Å²) in [4.78, 5) is 11.6. The van der Waals surface area contributed by atoms with E-state index in [0.29, 0.717) is 5.94 Å². The van der Waals surface area contributed by atoms with Crippen molar-refractivity contribution in [2.75, 3.05) is 13.0 Å². The van der Waals surface area contributed by atoms with Crippen LogP contribution in [0.1, 0.15) is 12.3 Å². The monoisotopic (exact) mass is 251 g/mol. The van der Waals surface area contributed by atoms with E-state index in [2.05, 4.69) is 10.3 Å². The molecule has 2 rings (SSSR count). The van der Waals surface area contributed by atoms with Crippen LogP contribution < -0.4 is 0 Å². The van der Waals surface area contributed by atoms with E-state index in [1.165, 1.54) is 11.8 Å². The Kier molecular flexibility index (Phi) is 3.75. The molecule has 0 amide bonds. The summed E-state index contributed by atoms with van der Waals surface area (Å²) in [5.41, 5.74) is 1.65. The van der Waals surface area contributed by atoms with E-state index in [-0.39, 0.29) is 11.2 Å². The first-order chi connectivity index (χ1) is 8.24. The van der Waals surface area contributed by atoms with Gasteiger partial charge in [0.25, 0.3) is 0 Å². The van der Waals surface area contributed by atoms with Crippen LogP contribution in [0, 0.1) is 0 Å². The molecule has 1 aromatic carbocycles. The molecule has 0 bridgehead atoms. The number of ketones is 1. The van der Waals surface area contributed by atoms with Crippen molar-refractivity contribution in [3.8, 4) is 0 Å². The molecule has 1 unspecified atom stereocenters. The molecule has 0 aliphatic rings. The van der Waals surface area contributed by atoms with E-state index >= 15 is 0 Å². The highest BCUT2D eigenvalue weighted by atomic mass is 32.2. The summed E-state index contributed by atoms with van der Waals surface area (Å²) in [5.74, 6) is 0.473. The maximum Gasteiger partial charge on any atom is 0.164 e. The lowest BCUT2D eigenvalue weighted by Crippen LogP contribution is -2.16. The molecule has 1 atom stereocenters. The second-order valence-electron chi connectivity index (χ2n) is 3.56. The van der Waals surface area contributed by atoms with Gasteiger partial charge in [-0.25, -0.2) is 4.68 Å². The van der Waals surface area contributed by atoms with Crippen LogP contribution in [-0.4, -0.2) is 33.8 Å². The summed E-state index contributed by atoms with van der Waals surface area (Å²) in [6.45, 7) is 1.55. The number of nitrogens with zero attached hydrogens (tertiary/aromatic N) is 3. The topological polar surface area (TPSA) is 57.0 Å². The number of carbonyl (C=O) groups excluding carboxylic acids is 1. The zero-order valence-electron chi connectivity index (χ0n) is 9.66. The Morgan fingerprint density at radius 3 is 3.00 bits per heavy atom. The highest BCUT2D eigenvalue weighted by molar-refractivity contribution is 7.99.